The molecule has 2 aliphatic rings. The molecule has 1 saturated heterocycles. The molecular formula is C16H21BrN2O2. The van der Waals surface area contributed by atoms with E-state index in [0.717, 1.165) is 22.3 Å². The minimum atomic E-state index is -0.0565. The lowest BCUT2D eigenvalue weighted by Gasteiger charge is -2.24. The van der Waals surface area contributed by atoms with Crippen LogP contribution in [0.1, 0.15) is 32.1 Å². The second-order valence-corrected chi connectivity index (χ2v) is 6.80. The number of nitrogens with one attached hydrogen (secondary N) is 2. The van der Waals surface area contributed by atoms with Gasteiger partial charge in [-0.05, 0) is 59.3 Å². The molecule has 4 nitrogen and oxygen atoms in total. The van der Waals surface area contributed by atoms with Crippen LogP contribution in [-0.2, 0) is 4.79 Å². The highest BCUT2D eigenvalue weighted by Crippen LogP contribution is 2.34. The van der Waals surface area contributed by atoms with Crippen LogP contribution in [0.2, 0.25) is 0 Å². The van der Waals surface area contributed by atoms with Gasteiger partial charge < -0.3 is 15.4 Å². The molecule has 3 unspecified atom stereocenters. The second-order valence-electron chi connectivity index (χ2n) is 5.94. The predicted molar refractivity (Wildman–Crippen MR) is 86.6 cm³/mol. The van der Waals surface area contributed by atoms with Gasteiger partial charge >= 0.3 is 0 Å². The molecule has 3 rings (SSSR count). The van der Waals surface area contributed by atoms with E-state index in [9.17, 15) is 4.79 Å². The lowest BCUT2D eigenvalue weighted by molar-refractivity contribution is -0.117. The molecule has 3 atom stereocenters. The molecule has 2 fully saturated rings. The number of anilines is 1. The molecule has 0 aromatic heterocycles. The van der Waals surface area contributed by atoms with Gasteiger partial charge in [-0.25, -0.2) is 0 Å². The third-order valence-corrected chi connectivity index (χ3v) is 5.22. The first kappa shape index (κ1) is 14.9. The van der Waals surface area contributed by atoms with Crippen LogP contribution >= 0.6 is 15.9 Å². The van der Waals surface area contributed by atoms with Gasteiger partial charge in [0.1, 0.15) is 5.75 Å². The van der Waals surface area contributed by atoms with Gasteiger partial charge in [0, 0.05) is 11.7 Å². The van der Waals surface area contributed by atoms with Crippen molar-refractivity contribution >= 4 is 27.5 Å². The van der Waals surface area contributed by atoms with Crippen molar-refractivity contribution in [1.82, 2.24) is 5.32 Å². The number of halogens is 1. The van der Waals surface area contributed by atoms with Gasteiger partial charge in [0.15, 0.2) is 0 Å². The lowest BCUT2D eigenvalue weighted by Crippen LogP contribution is -2.39. The zero-order valence-electron chi connectivity index (χ0n) is 12.2. The Hall–Kier alpha value is -1.07. The van der Waals surface area contributed by atoms with Gasteiger partial charge in [0.2, 0.25) is 5.91 Å². The number of ether oxygens (including phenoxy) is 1. The summed E-state index contributed by atoms with van der Waals surface area (Å²) in [4.78, 5) is 12.4. The van der Waals surface area contributed by atoms with Crippen molar-refractivity contribution in [3.05, 3.63) is 22.7 Å². The van der Waals surface area contributed by atoms with Gasteiger partial charge in [0.05, 0.1) is 17.6 Å². The van der Waals surface area contributed by atoms with E-state index >= 15 is 0 Å². The minimum absolute atomic E-state index is 0.0565. The van der Waals surface area contributed by atoms with Crippen molar-refractivity contribution in [2.45, 2.75) is 44.2 Å². The van der Waals surface area contributed by atoms with Crippen LogP contribution in [0.3, 0.4) is 0 Å². The molecule has 0 bridgehead atoms. The average molecular weight is 353 g/mol. The molecule has 1 saturated carbocycles. The van der Waals surface area contributed by atoms with Crippen molar-refractivity contribution in [3.8, 4) is 5.75 Å². The first-order valence-corrected chi connectivity index (χ1v) is 8.37. The normalized spacial score (nSPS) is 28.0. The van der Waals surface area contributed by atoms with E-state index < -0.39 is 0 Å². The maximum atomic E-state index is 12.4. The smallest absolute Gasteiger partial charge is 0.241 e. The summed E-state index contributed by atoms with van der Waals surface area (Å²) >= 11 is 3.44. The molecule has 1 aliphatic heterocycles. The number of hydrogen-bond donors (Lipinski definition) is 2. The van der Waals surface area contributed by atoms with Gasteiger partial charge in [0.25, 0.3) is 0 Å². The van der Waals surface area contributed by atoms with Crippen molar-refractivity contribution in [2.75, 3.05) is 12.4 Å². The first-order valence-electron chi connectivity index (χ1n) is 7.58. The minimum Gasteiger partial charge on any atom is -0.496 e. The van der Waals surface area contributed by atoms with E-state index in [1.54, 1.807) is 7.11 Å². The quantitative estimate of drug-likeness (QED) is 0.877. The average Bonchev–Trinajstić information content (AvgIpc) is 2.91. The summed E-state index contributed by atoms with van der Waals surface area (Å²) in [6.07, 6.45) is 6.03. The molecule has 0 spiro atoms. The van der Waals surface area contributed by atoms with Gasteiger partial charge in [-0.2, -0.15) is 0 Å². The van der Waals surface area contributed by atoms with Crippen LogP contribution < -0.4 is 15.4 Å². The van der Waals surface area contributed by atoms with Crippen LogP contribution in [0.25, 0.3) is 0 Å². The van der Waals surface area contributed by atoms with Crippen LogP contribution in [0.15, 0.2) is 22.7 Å². The third-order valence-electron chi connectivity index (χ3n) is 4.60. The van der Waals surface area contributed by atoms with Crippen LogP contribution in [0.5, 0.6) is 5.75 Å². The van der Waals surface area contributed by atoms with E-state index in [1.807, 2.05) is 18.2 Å². The van der Waals surface area contributed by atoms with Crippen molar-refractivity contribution < 1.29 is 9.53 Å². The fourth-order valence-corrected chi connectivity index (χ4v) is 4.04. The SMILES string of the molecule is COc1ccc(NC(=O)C2CC3CCCCC3N2)cc1Br. The fraction of sp³-hybridized carbons (Fsp3) is 0.562. The number of benzene rings is 1. The van der Waals surface area contributed by atoms with Crippen molar-refractivity contribution in [1.29, 1.82) is 0 Å². The summed E-state index contributed by atoms with van der Waals surface area (Å²) in [6.45, 7) is 0. The van der Waals surface area contributed by atoms with Crippen LogP contribution in [0, 0.1) is 5.92 Å². The predicted octanol–water partition coefficient (Wildman–Crippen LogP) is 3.32. The van der Waals surface area contributed by atoms with Gasteiger partial charge in [-0.15, -0.1) is 0 Å². The molecule has 2 N–H and O–H groups in total. The zero-order chi connectivity index (χ0) is 14.8. The number of hydrogen-bond acceptors (Lipinski definition) is 3. The highest BCUT2D eigenvalue weighted by atomic mass is 79.9. The number of rotatable bonds is 3. The number of amides is 1. The van der Waals surface area contributed by atoms with Crippen LogP contribution in [0.4, 0.5) is 5.69 Å². The summed E-state index contributed by atoms with van der Waals surface area (Å²) in [7, 11) is 1.63. The lowest BCUT2D eigenvalue weighted by atomic mass is 9.85. The Labute approximate surface area is 133 Å². The van der Waals surface area contributed by atoms with E-state index in [4.69, 9.17) is 4.74 Å². The molecule has 1 heterocycles. The zero-order valence-corrected chi connectivity index (χ0v) is 13.8. The molecule has 21 heavy (non-hydrogen) atoms. The molecule has 0 radical (unpaired) electrons. The van der Waals surface area contributed by atoms with Crippen molar-refractivity contribution in [2.24, 2.45) is 5.92 Å². The fourth-order valence-electron chi connectivity index (χ4n) is 3.49. The summed E-state index contributed by atoms with van der Waals surface area (Å²) in [5, 5.41) is 6.50. The monoisotopic (exact) mass is 352 g/mol. The first-order chi connectivity index (χ1) is 10.2. The van der Waals surface area contributed by atoms with Crippen molar-refractivity contribution in [3.63, 3.8) is 0 Å². The maximum absolute atomic E-state index is 12.4. The Balaban J connectivity index is 1.62. The van der Waals surface area contributed by atoms with Gasteiger partial charge in [-0.3, -0.25) is 4.79 Å². The standard InChI is InChI=1S/C16H21BrN2O2/c1-21-15-7-6-11(9-12(15)17)18-16(20)14-8-10-4-2-3-5-13(10)19-14/h6-7,9-10,13-14,19H,2-5,8H2,1H3,(H,18,20). The Morgan fingerprint density at radius 3 is 2.90 bits per heavy atom. The van der Waals surface area contributed by atoms with E-state index in [2.05, 4.69) is 26.6 Å². The van der Waals surface area contributed by atoms with E-state index in [1.165, 1.54) is 25.7 Å². The molecule has 1 aromatic carbocycles. The summed E-state index contributed by atoms with van der Waals surface area (Å²) in [6, 6.07) is 6.07. The summed E-state index contributed by atoms with van der Waals surface area (Å²) < 4.78 is 6.04. The Morgan fingerprint density at radius 2 is 2.19 bits per heavy atom. The molecule has 1 aliphatic carbocycles. The Bertz CT molecular complexity index is 521. The summed E-state index contributed by atoms with van der Waals surface area (Å²) in [5.74, 6) is 1.51. The summed E-state index contributed by atoms with van der Waals surface area (Å²) in [5.41, 5.74) is 0.796. The Morgan fingerprint density at radius 1 is 1.38 bits per heavy atom. The topological polar surface area (TPSA) is 50.4 Å². The highest BCUT2D eigenvalue weighted by molar-refractivity contribution is 9.10. The number of carbonyl (C=O) groups is 1. The van der Waals surface area contributed by atoms with E-state index in [0.29, 0.717) is 12.0 Å². The molecule has 1 amide bonds. The maximum Gasteiger partial charge on any atom is 0.241 e. The number of fused-ring (bicyclic) bond motifs is 1. The highest BCUT2D eigenvalue weighted by Gasteiger charge is 2.38. The second kappa shape index (κ2) is 6.36. The molecular weight excluding hydrogens is 332 g/mol. The third kappa shape index (κ3) is 3.24. The molecule has 114 valence electrons. The van der Waals surface area contributed by atoms with Gasteiger partial charge in [-0.1, -0.05) is 12.8 Å². The van der Waals surface area contributed by atoms with E-state index in [-0.39, 0.29) is 11.9 Å². The molecule has 5 heteroatoms. The van der Waals surface area contributed by atoms with Crippen LogP contribution in [-0.4, -0.2) is 25.1 Å². The number of methoxy groups -OCH3 is 1. The largest absolute Gasteiger partial charge is 0.496 e. The molecule has 1 aromatic rings. The number of carbonyl (C=O) groups excluding carboxylic acids is 1. The Kier molecular flexibility index (Phi) is 4.50.